The first kappa shape index (κ1) is 23.7. The largest absolute Gasteiger partial charge is 0.340 e. The van der Waals surface area contributed by atoms with E-state index in [2.05, 4.69) is 25.3 Å². The summed E-state index contributed by atoms with van der Waals surface area (Å²) in [4.78, 5) is 8.88. The van der Waals surface area contributed by atoms with E-state index in [0.717, 1.165) is 48.1 Å². The highest BCUT2D eigenvalue weighted by atomic mass is 32.2. The van der Waals surface area contributed by atoms with Gasteiger partial charge < -0.3 is 10.6 Å². The first-order valence-electron chi connectivity index (χ1n) is 11.2. The Labute approximate surface area is 204 Å². The molecule has 2 aromatic carbocycles. The van der Waals surface area contributed by atoms with Crippen LogP contribution in [0.2, 0.25) is 0 Å². The van der Waals surface area contributed by atoms with Crippen molar-refractivity contribution in [3.05, 3.63) is 65.4 Å². The van der Waals surface area contributed by atoms with Crippen LogP contribution in [0.4, 0.5) is 23.1 Å². The number of benzene rings is 2. The van der Waals surface area contributed by atoms with E-state index >= 15 is 0 Å². The van der Waals surface area contributed by atoms with Gasteiger partial charge in [-0.3, -0.25) is 0 Å². The van der Waals surface area contributed by atoms with Gasteiger partial charge in [-0.05, 0) is 74.1 Å². The summed E-state index contributed by atoms with van der Waals surface area (Å²) < 4.78 is 51.1. The van der Waals surface area contributed by atoms with Crippen molar-refractivity contribution in [2.45, 2.75) is 48.8 Å². The van der Waals surface area contributed by atoms with Gasteiger partial charge in [0.2, 0.25) is 26.0 Å². The molecule has 0 bridgehead atoms. The Hall–Kier alpha value is -3.06. The van der Waals surface area contributed by atoms with Crippen LogP contribution in [0.3, 0.4) is 0 Å². The Kier molecular flexibility index (Phi) is 5.99. The van der Waals surface area contributed by atoms with E-state index in [1.807, 2.05) is 25.1 Å². The molecule has 0 amide bonds. The maximum absolute atomic E-state index is 12.4. The number of sulfonamides is 2. The molecule has 1 aromatic heterocycles. The van der Waals surface area contributed by atoms with Gasteiger partial charge in [-0.25, -0.2) is 31.7 Å². The molecular weight excluding hydrogens is 488 g/mol. The molecule has 12 heteroatoms. The van der Waals surface area contributed by atoms with Gasteiger partial charge >= 0.3 is 0 Å². The van der Waals surface area contributed by atoms with Gasteiger partial charge in [-0.1, -0.05) is 12.1 Å². The normalized spacial score (nSPS) is 17.7. The third-order valence-electron chi connectivity index (χ3n) is 6.15. The molecule has 2 aliphatic carbocycles. The molecular formula is C23H26N6O4S2. The van der Waals surface area contributed by atoms with Crippen molar-refractivity contribution in [2.75, 3.05) is 10.6 Å². The van der Waals surface area contributed by atoms with Crippen molar-refractivity contribution in [3.63, 3.8) is 0 Å². The number of rotatable bonds is 8. The van der Waals surface area contributed by atoms with Gasteiger partial charge in [0.25, 0.3) is 0 Å². The van der Waals surface area contributed by atoms with Gasteiger partial charge in [-0.15, -0.1) is 0 Å². The Morgan fingerprint density at radius 2 is 1.74 bits per heavy atom. The molecule has 1 atom stereocenters. The number of aryl methyl sites for hydroxylation is 2. The minimum Gasteiger partial charge on any atom is -0.340 e. The Morgan fingerprint density at radius 3 is 2.49 bits per heavy atom. The third-order valence-corrected chi connectivity index (χ3v) is 9.02. The molecule has 5 rings (SSSR count). The zero-order valence-corrected chi connectivity index (χ0v) is 20.7. The predicted molar refractivity (Wildman–Crippen MR) is 134 cm³/mol. The van der Waals surface area contributed by atoms with Crippen LogP contribution >= 0.6 is 0 Å². The highest BCUT2D eigenvalue weighted by Crippen LogP contribution is 2.36. The van der Waals surface area contributed by atoms with E-state index in [1.54, 1.807) is 18.3 Å². The second-order valence-corrected chi connectivity index (χ2v) is 12.5. The Bertz CT molecular complexity index is 1500. The third kappa shape index (κ3) is 5.30. The topological polar surface area (TPSA) is 156 Å². The molecule has 3 aromatic rings. The van der Waals surface area contributed by atoms with Crippen LogP contribution in [0.5, 0.6) is 0 Å². The fourth-order valence-electron chi connectivity index (χ4n) is 4.12. The summed E-state index contributed by atoms with van der Waals surface area (Å²) in [6, 6.07) is 11.8. The van der Waals surface area contributed by atoms with Crippen LogP contribution in [0.15, 0.2) is 53.6 Å². The van der Waals surface area contributed by atoms with Gasteiger partial charge in [0.05, 0.1) is 10.1 Å². The molecule has 0 saturated heterocycles. The lowest BCUT2D eigenvalue weighted by Crippen LogP contribution is -2.30. The molecule has 10 nitrogen and oxygen atoms in total. The average molecular weight is 515 g/mol. The lowest BCUT2D eigenvalue weighted by atomic mass is 10.1. The van der Waals surface area contributed by atoms with Crippen molar-refractivity contribution in [3.8, 4) is 0 Å². The zero-order chi connectivity index (χ0) is 24.8. The fourth-order valence-corrected chi connectivity index (χ4v) is 6.27. The lowest BCUT2D eigenvalue weighted by molar-refractivity contribution is 0.553. The minimum absolute atomic E-state index is 0.00226. The molecule has 0 radical (unpaired) electrons. The van der Waals surface area contributed by atoms with Crippen molar-refractivity contribution in [2.24, 2.45) is 5.14 Å². The Morgan fingerprint density at radius 1 is 0.971 bits per heavy atom. The van der Waals surface area contributed by atoms with Crippen LogP contribution in [0.1, 0.15) is 42.0 Å². The van der Waals surface area contributed by atoms with Gasteiger partial charge in [0.15, 0.2) is 0 Å². The SMILES string of the molecule is Cc1cnc(Nc2ccc3c(c2)C(NS(=O)(=O)C2CC2)CC3)nc1Nc1cccc(S(N)(=O)=O)c1. The van der Waals surface area contributed by atoms with Crippen molar-refractivity contribution in [1.29, 1.82) is 0 Å². The van der Waals surface area contributed by atoms with E-state index in [4.69, 9.17) is 5.14 Å². The second kappa shape index (κ2) is 8.86. The van der Waals surface area contributed by atoms with Crippen molar-refractivity contribution < 1.29 is 16.8 Å². The summed E-state index contributed by atoms with van der Waals surface area (Å²) in [5.74, 6) is 0.846. The molecule has 1 unspecified atom stereocenters. The molecule has 0 spiro atoms. The predicted octanol–water partition coefficient (Wildman–Crippen LogP) is 2.99. The maximum atomic E-state index is 12.4. The van der Waals surface area contributed by atoms with Crippen LogP contribution in [0.25, 0.3) is 0 Å². The fraction of sp³-hybridized carbons (Fsp3) is 0.304. The quantitative estimate of drug-likeness (QED) is 0.357. The van der Waals surface area contributed by atoms with E-state index in [-0.39, 0.29) is 16.2 Å². The molecule has 184 valence electrons. The maximum Gasteiger partial charge on any atom is 0.238 e. The zero-order valence-electron chi connectivity index (χ0n) is 19.0. The molecule has 35 heavy (non-hydrogen) atoms. The molecule has 1 fully saturated rings. The van der Waals surface area contributed by atoms with Crippen LogP contribution < -0.4 is 20.5 Å². The minimum atomic E-state index is -3.83. The van der Waals surface area contributed by atoms with Crippen LogP contribution in [-0.4, -0.2) is 32.1 Å². The number of nitrogens with zero attached hydrogens (tertiary/aromatic N) is 2. The number of aromatic nitrogens is 2. The standard InChI is InChI=1S/C23H26N6O4S2/c1-14-13-25-23(28-22(14)26-16-3-2-4-19(11-16)34(24,30)31)27-17-7-5-15-6-10-21(20(15)12-17)29-35(32,33)18-8-9-18/h2-5,7,11-13,18,21,29H,6,8-10H2,1H3,(H2,24,30,31)(H2,25,26,27,28). The van der Waals surface area contributed by atoms with Crippen molar-refractivity contribution >= 4 is 43.2 Å². The second-order valence-electron chi connectivity index (χ2n) is 8.92. The van der Waals surface area contributed by atoms with E-state index in [9.17, 15) is 16.8 Å². The van der Waals surface area contributed by atoms with Crippen molar-refractivity contribution in [1.82, 2.24) is 14.7 Å². The Balaban J connectivity index is 1.35. The number of hydrogen-bond donors (Lipinski definition) is 4. The van der Waals surface area contributed by atoms with Crippen LogP contribution in [-0.2, 0) is 26.5 Å². The number of fused-ring (bicyclic) bond motifs is 1. The number of nitrogens with two attached hydrogens (primary N) is 1. The molecule has 5 N–H and O–H groups in total. The number of primary sulfonamides is 1. The van der Waals surface area contributed by atoms with E-state index in [1.165, 1.54) is 12.1 Å². The van der Waals surface area contributed by atoms with Gasteiger partial charge in [-0.2, -0.15) is 4.98 Å². The summed E-state index contributed by atoms with van der Waals surface area (Å²) >= 11 is 0. The summed E-state index contributed by atoms with van der Waals surface area (Å²) in [5.41, 5.74) is 4.12. The molecule has 1 heterocycles. The van der Waals surface area contributed by atoms with Gasteiger partial charge in [0.1, 0.15) is 5.82 Å². The summed E-state index contributed by atoms with van der Waals surface area (Å²) in [6.07, 6.45) is 4.66. The first-order chi connectivity index (χ1) is 16.6. The molecule has 2 aliphatic rings. The number of nitrogens with one attached hydrogen (secondary N) is 3. The van der Waals surface area contributed by atoms with Gasteiger partial charge in [0, 0.05) is 29.2 Å². The molecule has 0 aliphatic heterocycles. The highest BCUT2D eigenvalue weighted by Gasteiger charge is 2.38. The van der Waals surface area contributed by atoms with Crippen LogP contribution in [0, 0.1) is 6.92 Å². The number of hydrogen-bond acceptors (Lipinski definition) is 8. The highest BCUT2D eigenvalue weighted by molar-refractivity contribution is 7.90. The first-order valence-corrected chi connectivity index (χ1v) is 14.3. The summed E-state index contributed by atoms with van der Waals surface area (Å²) in [7, 11) is -7.11. The van der Waals surface area contributed by atoms with E-state index in [0.29, 0.717) is 17.5 Å². The summed E-state index contributed by atoms with van der Waals surface area (Å²) in [5, 5.41) is 11.3. The smallest absolute Gasteiger partial charge is 0.238 e. The average Bonchev–Trinajstić information content (AvgIpc) is 3.60. The molecule has 1 saturated carbocycles. The number of anilines is 4. The monoisotopic (exact) mass is 514 g/mol. The van der Waals surface area contributed by atoms with E-state index < -0.39 is 20.0 Å². The summed E-state index contributed by atoms with van der Waals surface area (Å²) in [6.45, 7) is 1.83. The lowest BCUT2D eigenvalue weighted by Gasteiger charge is -2.16.